The van der Waals surface area contributed by atoms with E-state index >= 15 is 0 Å². The fraction of sp³-hybridized carbons (Fsp3) is 0.625. The van der Waals surface area contributed by atoms with Gasteiger partial charge in [0.1, 0.15) is 0 Å². The van der Waals surface area contributed by atoms with E-state index in [1.54, 1.807) is 0 Å². The molecular weight excluding hydrogens is 110 g/mol. The van der Waals surface area contributed by atoms with Crippen molar-refractivity contribution in [3.8, 4) is 0 Å². The van der Waals surface area contributed by atoms with Crippen LogP contribution in [-0.2, 0) is 0 Å². The normalized spacial score (nSPS) is 39.1. The summed E-state index contributed by atoms with van der Waals surface area (Å²) in [7, 11) is 0. The highest BCUT2D eigenvalue weighted by atomic mass is 14.8. The molecule has 0 spiro atoms. The first-order chi connectivity index (χ1) is 4.47. The molecule has 2 unspecified atom stereocenters. The van der Waals surface area contributed by atoms with Crippen LogP contribution in [0, 0.1) is 11.8 Å². The van der Waals surface area contributed by atoms with Crippen LogP contribution in [-0.4, -0.2) is 12.8 Å². The highest BCUT2D eigenvalue weighted by Gasteiger charge is 2.23. The Hall–Kier alpha value is -0.590. The first kappa shape index (κ1) is 5.21. The van der Waals surface area contributed by atoms with Gasteiger partial charge in [0, 0.05) is 18.7 Å². The van der Waals surface area contributed by atoms with Gasteiger partial charge < -0.3 is 0 Å². The van der Waals surface area contributed by atoms with Gasteiger partial charge in [-0.1, -0.05) is 12.2 Å². The van der Waals surface area contributed by atoms with E-state index in [1.165, 1.54) is 12.8 Å². The monoisotopic (exact) mass is 121 g/mol. The van der Waals surface area contributed by atoms with Crippen LogP contribution in [0.1, 0.15) is 12.8 Å². The Kier molecular flexibility index (Phi) is 1.15. The van der Waals surface area contributed by atoms with E-state index in [4.69, 9.17) is 0 Å². The molecule has 0 saturated heterocycles. The Balaban J connectivity index is 2.13. The van der Waals surface area contributed by atoms with Crippen molar-refractivity contribution in [2.75, 3.05) is 6.54 Å². The zero-order valence-electron chi connectivity index (χ0n) is 5.46. The Labute approximate surface area is 55.5 Å². The minimum atomic E-state index is 0.787. The van der Waals surface area contributed by atoms with Crippen molar-refractivity contribution in [3.05, 3.63) is 12.2 Å². The van der Waals surface area contributed by atoms with Gasteiger partial charge in [0.2, 0.25) is 0 Å². The van der Waals surface area contributed by atoms with Gasteiger partial charge in [0.25, 0.3) is 0 Å². The predicted octanol–water partition coefficient (Wildman–Crippen LogP) is 1.65. The Morgan fingerprint density at radius 2 is 2.11 bits per heavy atom. The zero-order valence-corrected chi connectivity index (χ0v) is 5.46. The largest absolute Gasteiger partial charge is 0.297 e. The summed E-state index contributed by atoms with van der Waals surface area (Å²) in [6, 6.07) is 0. The summed E-state index contributed by atoms with van der Waals surface area (Å²) < 4.78 is 0. The molecule has 0 aromatic carbocycles. The molecule has 0 saturated carbocycles. The average molecular weight is 121 g/mol. The van der Waals surface area contributed by atoms with Gasteiger partial charge in [-0.25, -0.2) is 0 Å². The molecule has 48 valence electrons. The Morgan fingerprint density at radius 3 is 3.00 bits per heavy atom. The van der Waals surface area contributed by atoms with Crippen LogP contribution in [0.25, 0.3) is 0 Å². The summed E-state index contributed by atoms with van der Waals surface area (Å²) in [6.45, 7) is 1.08. The van der Waals surface area contributed by atoms with Crippen LogP contribution in [0.5, 0.6) is 0 Å². The van der Waals surface area contributed by atoms with E-state index in [1.807, 2.05) is 0 Å². The molecule has 0 bridgehead atoms. The quantitative estimate of drug-likeness (QED) is 0.432. The number of allylic oxidation sites excluding steroid dienone is 2. The summed E-state index contributed by atoms with van der Waals surface area (Å²) >= 11 is 0. The summed E-state index contributed by atoms with van der Waals surface area (Å²) in [4.78, 5) is 4.26. The van der Waals surface area contributed by atoms with Gasteiger partial charge in [-0.2, -0.15) is 0 Å². The molecule has 0 aromatic rings. The third-order valence-corrected chi connectivity index (χ3v) is 2.26. The number of rotatable bonds is 0. The van der Waals surface area contributed by atoms with E-state index in [2.05, 4.69) is 23.4 Å². The zero-order chi connectivity index (χ0) is 6.10. The molecule has 0 amide bonds. The van der Waals surface area contributed by atoms with Gasteiger partial charge in [-0.05, 0) is 18.8 Å². The Morgan fingerprint density at radius 1 is 1.22 bits per heavy atom. The molecule has 1 nitrogen and oxygen atoms in total. The van der Waals surface area contributed by atoms with Gasteiger partial charge >= 0.3 is 0 Å². The van der Waals surface area contributed by atoms with Crippen molar-refractivity contribution in [2.24, 2.45) is 16.8 Å². The molecule has 1 heteroatoms. The number of hydrogen-bond donors (Lipinski definition) is 0. The highest BCUT2D eigenvalue weighted by molar-refractivity contribution is 5.64. The van der Waals surface area contributed by atoms with Crippen LogP contribution in [0.15, 0.2) is 17.1 Å². The van der Waals surface area contributed by atoms with Crippen LogP contribution in [0.4, 0.5) is 0 Å². The summed E-state index contributed by atoms with van der Waals surface area (Å²) in [6.07, 6.45) is 9.18. The van der Waals surface area contributed by atoms with Crippen molar-refractivity contribution in [3.63, 3.8) is 0 Å². The molecule has 0 aromatic heterocycles. The van der Waals surface area contributed by atoms with Gasteiger partial charge in [-0.15, -0.1) is 0 Å². The van der Waals surface area contributed by atoms with Crippen molar-refractivity contribution in [2.45, 2.75) is 12.8 Å². The first-order valence-corrected chi connectivity index (χ1v) is 3.62. The van der Waals surface area contributed by atoms with Crippen LogP contribution >= 0.6 is 0 Å². The first-order valence-electron chi connectivity index (χ1n) is 3.62. The van der Waals surface area contributed by atoms with Crippen LogP contribution in [0.3, 0.4) is 0 Å². The van der Waals surface area contributed by atoms with Gasteiger partial charge in [0.15, 0.2) is 0 Å². The maximum Gasteiger partial charge on any atom is 0.0423 e. The average Bonchev–Trinajstić information content (AvgIpc) is 2.33. The molecule has 9 heavy (non-hydrogen) atoms. The fourth-order valence-electron chi connectivity index (χ4n) is 1.62. The van der Waals surface area contributed by atoms with Crippen molar-refractivity contribution in [1.82, 2.24) is 0 Å². The van der Waals surface area contributed by atoms with Gasteiger partial charge in [0.05, 0.1) is 0 Å². The smallest absolute Gasteiger partial charge is 0.0423 e. The fourth-order valence-corrected chi connectivity index (χ4v) is 1.62. The molecule has 1 heterocycles. The SMILES string of the molecule is C1=CCC2CN=CC2C1. The van der Waals surface area contributed by atoms with Crippen LogP contribution in [0.2, 0.25) is 0 Å². The van der Waals surface area contributed by atoms with Gasteiger partial charge in [-0.3, -0.25) is 4.99 Å². The number of fused-ring (bicyclic) bond motifs is 1. The molecule has 2 aliphatic rings. The maximum absolute atomic E-state index is 4.26. The molecule has 0 N–H and O–H groups in total. The molecular formula is C8H11N. The second-order valence-electron chi connectivity index (χ2n) is 2.88. The summed E-state index contributed by atoms with van der Waals surface area (Å²) in [5.41, 5.74) is 0. The third kappa shape index (κ3) is 0.805. The lowest BCUT2D eigenvalue weighted by Gasteiger charge is -2.17. The topological polar surface area (TPSA) is 12.4 Å². The Bertz CT molecular complexity index is 158. The maximum atomic E-state index is 4.26. The van der Waals surface area contributed by atoms with E-state index in [0.29, 0.717) is 0 Å². The molecule has 0 radical (unpaired) electrons. The molecule has 2 rings (SSSR count). The van der Waals surface area contributed by atoms with E-state index in [9.17, 15) is 0 Å². The third-order valence-electron chi connectivity index (χ3n) is 2.26. The lowest BCUT2D eigenvalue weighted by Crippen LogP contribution is -2.14. The highest BCUT2D eigenvalue weighted by Crippen LogP contribution is 2.27. The predicted molar refractivity (Wildman–Crippen MR) is 38.7 cm³/mol. The summed E-state index contributed by atoms with van der Waals surface area (Å²) in [5, 5.41) is 0. The molecule has 1 aliphatic carbocycles. The second kappa shape index (κ2) is 1.98. The van der Waals surface area contributed by atoms with Crippen molar-refractivity contribution >= 4 is 6.21 Å². The van der Waals surface area contributed by atoms with E-state index in [0.717, 1.165) is 18.4 Å². The molecule has 1 aliphatic heterocycles. The number of aliphatic imine (C=N–C) groups is 1. The van der Waals surface area contributed by atoms with Crippen molar-refractivity contribution < 1.29 is 0 Å². The standard InChI is InChI=1S/C8H11N/c1-2-4-8-6-9-5-7(8)3-1/h1-2,5,7-8H,3-4,6H2. The van der Waals surface area contributed by atoms with E-state index < -0.39 is 0 Å². The summed E-state index contributed by atoms with van der Waals surface area (Å²) in [5.74, 6) is 1.64. The number of nitrogens with zero attached hydrogens (tertiary/aromatic N) is 1. The minimum absolute atomic E-state index is 0.787. The van der Waals surface area contributed by atoms with Crippen LogP contribution < -0.4 is 0 Å². The minimum Gasteiger partial charge on any atom is -0.297 e. The van der Waals surface area contributed by atoms with Crippen molar-refractivity contribution in [1.29, 1.82) is 0 Å². The number of hydrogen-bond acceptors (Lipinski definition) is 1. The lowest BCUT2D eigenvalue weighted by molar-refractivity contribution is 0.452. The molecule has 2 atom stereocenters. The van der Waals surface area contributed by atoms with E-state index in [-0.39, 0.29) is 0 Å². The molecule has 0 fully saturated rings. The second-order valence-corrected chi connectivity index (χ2v) is 2.88. The lowest BCUT2D eigenvalue weighted by atomic mass is 9.86.